The molecule has 0 unspecified atom stereocenters. The molecule has 0 aliphatic rings. The van der Waals surface area contributed by atoms with Crippen LogP contribution in [-0.4, -0.2) is 36.9 Å². The van der Waals surface area contributed by atoms with Crippen LogP contribution in [0.1, 0.15) is 32.4 Å². The number of hydrogen-bond donors (Lipinski definition) is 2. The smallest absolute Gasteiger partial charge is 0.408 e. The van der Waals surface area contributed by atoms with E-state index in [4.69, 9.17) is 13.8 Å². The Hall–Kier alpha value is -1.40. The molecule has 0 saturated carbocycles. The molecular formula is C15H24NO6P. The largest absolute Gasteiger partial charge is 0.444 e. The first-order chi connectivity index (χ1) is 10.6. The highest BCUT2D eigenvalue weighted by Gasteiger charge is 2.40. The Labute approximate surface area is 136 Å². The molecule has 1 amide bonds. The third kappa shape index (κ3) is 5.62. The van der Waals surface area contributed by atoms with E-state index in [-0.39, 0.29) is 0 Å². The fourth-order valence-electron chi connectivity index (χ4n) is 1.90. The van der Waals surface area contributed by atoms with Crippen LogP contribution in [0.25, 0.3) is 0 Å². The molecule has 0 heterocycles. The number of nitrogens with one attached hydrogen (secondary N) is 1. The first-order valence-corrected chi connectivity index (χ1v) is 8.68. The van der Waals surface area contributed by atoms with E-state index in [1.807, 2.05) is 0 Å². The second-order valence-corrected chi connectivity index (χ2v) is 8.19. The normalized spacial score (nSPS) is 14.9. The molecule has 1 aromatic carbocycles. The van der Waals surface area contributed by atoms with E-state index >= 15 is 0 Å². The molecule has 0 bridgehead atoms. The Morgan fingerprint density at radius 3 is 2.13 bits per heavy atom. The Morgan fingerprint density at radius 1 is 1.17 bits per heavy atom. The molecule has 130 valence electrons. The Balaban J connectivity index is 3.09. The van der Waals surface area contributed by atoms with Crippen molar-refractivity contribution < 1.29 is 28.3 Å². The van der Waals surface area contributed by atoms with Gasteiger partial charge in [-0.15, -0.1) is 0 Å². The average molecular weight is 345 g/mol. The summed E-state index contributed by atoms with van der Waals surface area (Å²) in [5, 5.41) is 13.0. The average Bonchev–Trinajstić information content (AvgIpc) is 2.50. The molecule has 0 aliphatic carbocycles. The summed E-state index contributed by atoms with van der Waals surface area (Å²) in [7, 11) is -1.48. The van der Waals surface area contributed by atoms with E-state index in [2.05, 4.69) is 5.32 Å². The monoisotopic (exact) mass is 345 g/mol. The van der Waals surface area contributed by atoms with E-state index in [1.165, 1.54) is 14.2 Å². The summed E-state index contributed by atoms with van der Waals surface area (Å²) in [6, 6.07) is 7.60. The Kier molecular flexibility index (Phi) is 6.77. The summed E-state index contributed by atoms with van der Waals surface area (Å²) in [4.78, 5) is 12.0. The van der Waals surface area contributed by atoms with Crippen LogP contribution in [0.2, 0.25) is 0 Å². The van der Waals surface area contributed by atoms with Crippen molar-refractivity contribution in [2.24, 2.45) is 0 Å². The summed E-state index contributed by atoms with van der Waals surface area (Å²) in [5.41, 5.74) is -0.164. The van der Waals surface area contributed by atoms with Gasteiger partial charge < -0.3 is 24.2 Å². The maximum atomic E-state index is 12.4. The van der Waals surface area contributed by atoms with E-state index in [1.54, 1.807) is 51.1 Å². The van der Waals surface area contributed by atoms with Crippen LogP contribution >= 0.6 is 7.60 Å². The van der Waals surface area contributed by atoms with Crippen molar-refractivity contribution in [3.8, 4) is 0 Å². The van der Waals surface area contributed by atoms with Crippen molar-refractivity contribution in [2.45, 2.75) is 38.3 Å². The molecule has 1 rings (SSSR count). The van der Waals surface area contributed by atoms with Crippen LogP contribution in [0.15, 0.2) is 30.3 Å². The Bertz CT molecular complexity index is 549. The van der Waals surface area contributed by atoms with E-state index in [0.717, 1.165) is 0 Å². The number of aliphatic hydroxyl groups excluding tert-OH is 1. The van der Waals surface area contributed by atoms with Crippen molar-refractivity contribution in [1.29, 1.82) is 0 Å². The molecule has 0 radical (unpaired) electrons. The highest BCUT2D eigenvalue weighted by Crippen LogP contribution is 2.54. The predicted molar refractivity (Wildman–Crippen MR) is 86.2 cm³/mol. The lowest BCUT2D eigenvalue weighted by molar-refractivity contribution is 0.0453. The van der Waals surface area contributed by atoms with Gasteiger partial charge in [-0.1, -0.05) is 30.3 Å². The number of alkyl carbamates (subject to hydrolysis) is 1. The minimum absolute atomic E-state index is 0.542. The number of hydrogen-bond acceptors (Lipinski definition) is 6. The van der Waals surface area contributed by atoms with Gasteiger partial charge in [0.25, 0.3) is 0 Å². The van der Waals surface area contributed by atoms with Gasteiger partial charge >= 0.3 is 13.7 Å². The second kappa shape index (κ2) is 7.93. The summed E-state index contributed by atoms with van der Waals surface area (Å²) in [6.45, 7) is 5.15. The standard InChI is InChI=1S/C15H24NO6P/c1-15(2,3)22-14(18)16-12(11-9-7-6-8-10-11)13(17)23(19,20-4)21-5/h6-10,12-13,17H,1-5H3,(H,16,18)/t12-,13-/m1/s1. The third-order valence-corrected chi connectivity index (χ3v) is 4.93. The number of carbonyl (C=O) groups excluding carboxylic acids is 1. The number of ether oxygens (including phenoxy) is 1. The number of aliphatic hydroxyl groups is 1. The van der Waals surface area contributed by atoms with Crippen molar-refractivity contribution in [1.82, 2.24) is 5.32 Å². The zero-order chi connectivity index (χ0) is 17.7. The molecule has 23 heavy (non-hydrogen) atoms. The van der Waals surface area contributed by atoms with Gasteiger partial charge in [0.15, 0.2) is 5.85 Å². The minimum Gasteiger partial charge on any atom is -0.444 e. The molecule has 7 nitrogen and oxygen atoms in total. The molecule has 2 atom stereocenters. The van der Waals surface area contributed by atoms with Gasteiger partial charge in [0.05, 0.1) is 6.04 Å². The molecular weight excluding hydrogens is 321 g/mol. The summed E-state index contributed by atoms with van der Waals surface area (Å²) < 4.78 is 27.3. The summed E-state index contributed by atoms with van der Waals surface area (Å²) >= 11 is 0. The van der Waals surface area contributed by atoms with E-state index < -0.39 is 31.2 Å². The number of benzene rings is 1. The van der Waals surface area contributed by atoms with Gasteiger partial charge in [-0.3, -0.25) is 4.57 Å². The molecule has 0 fully saturated rings. The van der Waals surface area contributed by atoms with E-state index in [9.17, 15) is 14.5 Å². The molecule has 0 saturated heterocycles. The van der Waals surface area contributed by atoms with Gasteiger partial charge in [0.2, 0.25) is 0 Å². The fraction of sp³-hybridized carbons (Fsp3) is 0.533. The van der Waals surface area contributed by atoms with Crippen molar-refractivity contribution in [2.75, 3.05) is 14.2 Å². The predicted octanol–water partition coefficient (Wildman–Crippen LogP) is 3.06. The number of rotatable bonds is 6. The first-order valence-electron chi connectivity index (χ1n) is 7.06. The summed E-state index contributed by atoms with van der Waals surface area (Å²) in [5.74, 6) is -1.59. The molecule has 0 aliphatic heterocycles. The van der Waals surface area contributed by atoms with Crippen LogP contribution in [0.3, 0.4) is 0 Å². The SMILES string of the molecule is COP(=O)(OC)[C@@H](O)[C@H](NC(=O)OC(C)(C)C)c1ccccc1. The Morgan fingerprint density at radius 2 is 1.70 bits per heavy atom. The van der Waals surface area contributed by atoms with Gasteiger partial charge in [-0.25, -0.2) is 4.79 Å². The van der Waals surface area contributed by atoms with Crippen molar-refractivity contribution >= 4 is 13.7 Å². The van der Waals surface area contributed by atoms with Crippen molar-refractivity contribution in [3.05, 3.63) is 35.9 Å². The maximum absolute atomic E-state index is 12.4. The first kappa shape index (κ1) is 19.6. The third-order valence-electron chi connectivity index (χ3n) is 2.96. The van der Waals surface area contributed by atoms with Crippen LogP contribution in [0.4, 0.5) is 4.79 Å². The highest BCUT2D eigenvalue weighted by atomic mass is 31.2. The maximum Gasteiger partial charge on any atom is 0.408 e. The molecule has 2 N–H and O–H groups in total. The molecule has 8 heteroatoms. The molecule has 0 aromatic heterocycles. The lowest BCUT2D eigenvalue weighted by Gasteiger charge is -2.29. The molecule has 1 aromatic rings. The highest BCUT2D eigenvalue weighted by molar-refractivity contribution is 7.54. The fourth-order valence-corrected chi connectivity index (χ4v) is 3.09. The quantitative estimate of drug-likeness (QED) is 0.770. The van der Waals surface area contributed by atoms with Gasteiger partial charge in [0, 0.05) is 14.2 Å². The van der Waals surface area contributed by atoms with Crippen LogP contribution < -0.4 is 5.32 Å². The zero-order valence-corrected chi connectivity index (χ0v) is 14.9. The van der Waals surface area contributed by atoms with Gasteiger partial charge in [-0.05, 0) is 26.3 Å². The number of carbonyl (C=O) groups is 1. The van der Waals surface area contributed by atoms with Gasteiger partial charge in [-0.2, -0.15) is 0 Å². The van der Waals surface area contributed by atoms with Crippen LogP contribution in [-0.2, 0) is 18.3 Å². The van der Waals surface area contributed by atoms with Crippen LogP contribution in [0.5, 0.6) is 0 Å². The van der Waals surface area contributed by atoms with E-state index in [0.29, 0.717) is 5.56 Å². The van der Waals surface area contributed by atoms with Crippen molar-refractivity contribution in [3.63, 3.8) is 0 Å². The van der Waals surface area contributed by atoms with Gasteiger partial charge in [0.1, 0.15) is 5.60 Å². The lowest BCUT2D eigenvalue weighted by atomic mass is 10.1. The van der Waals surface area contributed by atoms with Crippen LogP contribution in [0, 0.1) is 0 Å². The summed E-state index contributed by atoms with van der Waals surface area (Å²) in [6.07, 6.45) is -0.746. The zero-order valence-electron chi connectivity index (χ0n) is 14.0. The number of amides is 1. The molecule has 0 spiro atoms. The minimum atomic E-state index is -3.82. The topological polar surface area (TPSA) is 94.1 Å². The lowest BCUT2D eigenvalue weighted by Crippen LogP contribution is -2.40. The second-order valence-electron chi connectivity index (χ2n) is 5.85.